The monoisotopic (exact) mass is 334 g/mol. The van der Waals surface area contributed by atoms with Crippen molar-refractivity contribution in [1.29, 1.82) is 0 Å². The fourth-order valence-electron chi connectivity index (χ4n) is 3.35. The third-order valence-electron chi connectivity index (χ3n) is 4.60. The quantitative estimate of drug-likeness (QED) is 0.750. The summed E-state index contributed by atoms with van der Waals surface area (Å²) in [5.41, 5.74) is 2.27. The number of para-hydroxylation sites is 1. The zero-order chi connectivity index (χ0) is 16.9. The van der Waals surface area contributed by atoms with E-state index in [2.05, 4.69) is 43.8 Å². The lowest BCUT2D eigenvalue weighted by molar-refractivity contribution is 0.569. The van der Waals surface area contributed by atoms with Gasteiger partial charge in [0.2, 0.25) is 0 Å². The van der Waals surface area contributed by atoms with Crippen LogP contribution in [0.3, 0.4) is 0 Å². The second-order valence-electron chi connectivity index (χ2n) is 6.33. The lowest BCUT2D eigenvalue weighted by Crippen LogP contribution is -2.38. The van der Waals surface area contributed by atoms with E-state index < -0.39 is 0 Å². The summed E-state index contributed by atoms with van der Waals surface area (Å²) in [7, 11) is 0. The van der Waals surface area contributed by atoms with Crippen molar-refractivity contribution in [2.45, 2.75) is 25.4 Å². The molecule has 4 rings (SSSR count). The van der Waals surface area contributed by atoms with Crippen LogP contribution >= 0.6 is 0 Å². The van der Waals surface area contributed by atoms with Gasteiger partial charge in [0, 0.05) is 43.6 Å². The summed E-state index contributed by atoms with van der Waals surface area (Å²) in [5, 5.41) is 16.3. The van der Waals surface area contributed by atoms with E-state index in [9.17, 15) is 0 Å². The molecular weight excluding hydrogens is 312 g/mol. The standard InChI is InChI=1S/C19H22N6/c1-2-6-17(7-3-1)25-15-16(13-22-25)12-20-14-18-8-5-11-24(18)19-9-4-10-21-23-19/h1-4,6-7,9-10,13,15,18,20H,5,8,11-12,14H2. The lowest BCUT2D eigenvalue weighted by Gasteiger charge is -2.25. The van der Waals surface area contributed by atoms with E-state index in [0.717, 1.165) is 31.1 Å². The van der Waals surface area contributed by atoms with Crippen LogP contribution in [0.2, 0.25) is 0 Å². The van der Waals surface area contributed by atoms with Gasteiger partial charge in [-0.3, -0.25) is 0 Å². The highest BCUT2D eigenvalue weighted by atomic mass is 15.3. The number of aromatic nitrogens is 4. The molecule has 1 aliphatic rings. The fourth-order valence-corrected chi connectivity index (χ4v) is 3.35. The first-order valence-electron chi connectivity index (χ1n) is 8.74. The molecule has 0 aliphatic carbocycles. The Balaban J connectivity index is 1.33. The first-order valence-corrected chi connectivity index (χ1v) is 8.74. The molecule has 0 saturated carbocycles. The van der Waals surface area contributed by atoms with Gasteiger partial charge in [0.05, 0.1) is 11.9 Å². The van der Waals surface area contributed by atoms with E-state index >= 15 is 0 Å². The highest BCUT2D eigenvalue weighted by Gasteiger charge is 2.25. The van der Waals surface area contributed by atoms with Gasteiger partial charge in [0.25, 0.3) is 0 Å². The summed E-state index contributed by atoms with van der Waals surface area (Å²) in [4.78, 5) is 2.35. The molecule has 1 atom stereocenters. The van der Waals surface area contributed by atoms with E-state index in [1.54, 1.807) is 6.20 Å². The number of nitrogens with zero attached hydrogens (tertiary/aromatic N) is 5. The second kappa shape index (κ2) is 7.44. The minimum atomic E-state index is 0.473. The number of benzene rings is 1. The lowest BCUT2D eigenvalue weighted by atomic mass is 10.2. The molecule has 0 spiro atoms. The molecule has 0 radical (unpaired) electrons. The maximum absolute atomic E-state index is 4.45. The molecule has 1 aromatic carbocycles. The molecule has 0 amide bonds. The van der Waals surface area contributed by atoms with Crippen molar-refractivity contribution in [1.82, 2.24) is 25.3 Å². The Morgan fingerprint density at radius 3 is 2.88 bits per heavy atom. The van der Waals surface area contributed by atoms with Crippen molar-refractivity contribution in [2.75, 3.05) is 18.0 Å². The van der Waals surface area contributed by atoms with E-state index in [-0.39, 0.29) is 0 Å². The maximum atomic E-state index is 4.45. The van der Waals surface area contributed by atoms with Crippen molar-refractivity contribution in [2.24, 2.45) is 0 Å². The van der Waals surface area contributed by atoms with Crippen LogP contribution in [0.5, 0.6) is 0 Å². The second-order valence-corrected chi connectivity index (χ2v) is 6.33. The fraction of sp³-hybridized carbons (Fsp3) is 0.316. The third kappa shape index (κ3) is 3.69. The van der Waals surface area contributed by atoms with Gasteiger partial charge < -0.3 is 10.2 Å². The van der Waals surface area contributed by atoms with Gasteiger partial charge in [-0.1, -0.05) is 18.2 Å². The molecule has 128 valence electrons. The first kappa shape index (κ1) is 15.8. The normalized spacial score (nSPS) is 17.1. The molecule has 3 heterocycles. The van der Waals surface area contributed by atoms with Gasteiger partial charge >= 0.3 is 0 Å². The van der Waals surface area contributed by atoms with E-state index in [4.69, 9.17) is 0 Å². The predicted molar refractivity (Wildman–Crippen MR) is 97.7 cm³/mol. The van der Waals surface area contributed by atoms with Crippen LogP contribution in [0.1, 0.15) is 18.4 Å². The van der Waals surface area contributed by atoms with Crippen LogP contribution in [0.4, 0.5) is 5.82 Å². The van der Waals surface area contributed by atoms with Gasteiger partial charge in [-0.25, -0.2) is 4.68 Å². The van der Waals surface area contributed by atoms with Crippen LogP contribution in [0.15, 0.2) is 61.1 Å². The zero-order valence-corrected chi connectivity index (χ0v) is 14.1. The average molecular weight is 334 g/mol. The molecule has 3 aromatic rings. The van der Waals surface area contributed by atoms with Gasteiger partial charge in [-0.05, 0) is 37.1 Å². The minimum Gasteiger partial charge on any atom is -0.351 e. The zero-order valence-electron chi connectivity index (χ0n) is 14.1. The Bertz CT molecular complexity index is 786. The molecule has 1 fully saturated rings. The molecular formula is C19H22N6. The summed E-state index contributed by atoms with van der Waals surface area (Å²) in [5.74, 6) is 0.976. The number of hydrogen-bond acceptors (Lipinski definition) is 5. The smallest absolute Gasteiger partial charge is 0.151 e. The van der Waals surface area contributed by atoms with E-state index in [0.29, 0.717) is 6.04 Å². The molecule has 1 unspecified atom stereocenters. The van der Waals surface area contributed by atoms with Crippen LogP contribution in [0.25, 0.3) is 5.69 Å². The van der Waals surface area contributed by atoms with Gasteiger partial charge in [-0.15, -0.1) is 5.10 Å². The SMILES string of the molecule is c1ccc(-n2cc(CNCC3CCCN3c3cccnn3)cn2)cc1. The molecule has 1 saturated heterocycles. The van der Waals surface area contributed by atoms with Crippen LogP contribution in [-0.4, -0.2) is 39.1 Å². The number of rotatable bonds is 6. The topological polar surface area (TPSA) is 58.9 Å². The van der Waals surface area contributed by atoms with Crippen LogP contribution in [0, 0.1) is 0 Å². The molecule has 1 N–H and O–H groups in total. The van der Waals surface area contributed by atoms with Crippen molar-refractivity contribution >= 4 is 5.82 Å². The summed E-state index contributed by atoms with van der Waals surface area (Å²) in [6.45, 7) is 2.81. The minimum absolute atomic E-state index is 0.473. The first-order chi connectivity index (χ1) is 12.4. The molecule has 0 bridgehead atoms. The highest BCUT2D eigenvalue weighted by molar-refractivity contribution is 5.39. The number of nitrogens with one attached hydrogen (secondary N) is 1. The predicted octanol–water partition coefficient (Wildman–Crippen LogP) is 2.42. The molecule has 1 aliphatic heterocycles. The largest absolute Gasteiger partial charge is 0.351 e. The summed E-state index contributed by atoms with van der Waals surface area (Å²) < 4.78 is 1.92. The number of hydrogen-bond donors (Lipinski definition) is 1. The van der Waals surface area contributed by atoms with E-state index in [1.165, 1.54) is 18.4 Å². The van der Waals surface area contributed by atoms with Crippen molar-refractivity contribution in [3.05, 3.63) is 66.6 Å². The highest BCUT2D eigenvalue weighted by Crippen LogP contribution is 2.22. The Morgan fingerprint density at radius 2 is 2.04 bits per heavy atom. The van der Waals surface area contributed by atoms with Crippen LogP contribution in [-0.2, 0) is 6.54 Å². The summed E-state index contributed by atoms with van der Waals surface area (Å²) >= 11 is 0. The van der Waals surface area contributed by atoms with Crippen molar-refractivity contribution < 1.29 is 0 Å². The van der Waals surface area contributed by atoms with Gasteiger partial charge in [0.1, 0.15) is 0 Å². The Morgan fingerprint density at radius 1 is 1.12 bits per heavy atom. The van der Waals surface area contributed by atoms with Gasteiger partial charge in [-0.2, -0.15) is 10.2 Å². The average Bonchev–Trinajstić information content (AvgIpc) is 3.33. The van der Waals surface area contributed by atoms with Crippen LogP contribution < -0.4 is 10.2 Å². The number of anilines is 1. The molecule has 25 heavy (non-hydrogen) atoms. The van der Waals surface area contributed by atoms with E-state index in [1.807, 2.05) is 41.2 Å². The van der Waals surface area contributed by atoms with Crippen molar-refractivity contribution in [3.8, 4) is 5.69 Å². The third-order valence-corrected chi connectivity index (χ3v) is 4.60. The van der Waals surface area contributed by atoms with Crippen molar-refractivity contribution in [3.63, 3.8) is 0 Å². The summed E-state index contributed by atoms with van der Waals surface area (Å²) in [6.07, 6.45) is 8.12. The molecule has 2 aromatic heterocycles. The maximum Gasteiger partial charge on any atom is 0.151 e. The Kier molecular flexibility index (Phi) is 4.70. The Labute approximate surface area is 147 Å². The molecule has 6 nitrogen and oxygen atoms in total. The van der Waals surface area contributed by atoms with Gasteiger partial charge in [0.15, 0.2) is 5.82 Å². The Hall–Kier alpha value is -2.73. The summed E-state index contributed by atoms with van der Waals surface area (Å²) in [6, 6.07) is 14.6. The molecule has 6 heteroatoms.